The summed E-state index contributed by atoms with van der Waals surface area (Å²) in [7, 11) is 2.00. The van der Waals surface area contributed by atoms with Crippen LogP contribution in [0.15, 0.2) is 28.1 Å². The molecule has 6 heteroatoms. The number of aromatic nitrogens is 2. The van der Waals surface area contributed by atoms with Gasteiger partial charge in [-0.3, -0.25) is 0 Å². The van der Waals surface area contributed by atoms with E-state index >= 15 is 0 Å². The summed E-state index contributed by atoms with van der Waals surface area (Å²) in [6.07, 6.45) is 0. The van der Waals surface area contributed by atoms with Crippen LogP contribution in [0, 0.1) is 0 Å². The Balaban J connectivity index is 2.06. The SMILES string of the molecule is CN(Cc1cc(Br)cs1)c1ccc(CCl)nn1. The lowest BCUT2D eigenvalue weighted by molar-refractivity contribution is 0.862. The summed E-state index contributed by atoms with van der Waals surface area (Å²) in [4.78, 5) is 3.34. The summed E-state index contributed by atoms with van der Waals surface area (Å²) in [6, 6.07) is 5.95. The highest BCUT2D eigenvalue weighted by molar-refractivity contribution is 9.10. The molecule has 2 aromatic heterocycles. The standard InChI is InChI=1S/C11H11BrClN3S/c1-16(6-10-4-8(12)7-17-10)11-3-2-9(5-13)14-15-11/h2-4,7H,5-6H2,1H3. The molecule has 0 saturated carbocycles. The van der Waals surface area contributed by atoms with Gasteiger partial charge in [-0.05, 0) is 34.1 Å². The van der Waals surface area contributed by atoms with E-state index < -0.39 is 0 Å². The molecular weight excluding hydrogens is 322 g/mol. The number of hydrogen-bond donors (Lipinski definition) is 0. The van der Waals surface area contributed by atoms with Gasteiger partial charge in [0.25, 0.3) is 0 Å². The number of nitrogens with zero attached hydrogens (tertiary/aromatic N) is 3. The Morgan fingerprint density at radius 1 is 1.41 bits per heavy atom. The molecule has 0 bridgehead atoms. The topological polar surface area (TPSA) is 29.0 Å². The van der Waals surface area contributed by atoms with Crippen molar-refractivity contribution >= 4 is 44.7 Å². The van der Waals surface area contributed by atoms with Crippen LogP contribution in [-0.2, 0) is 12.4 Å². The molecule has 0 fully saturated rings. The van der Waals surface area contributed by atoms with Crippen LogP contribution in [0.3, 0.4) is 0 Å². The predicted molar refractivity (Wildman–Crippen MR) is 75.7 cm³/mol. The molecule has 0 spiro atoms. The smallest absolute Gasteiger partial charge is 0.151 e. The zero-order chi connectivity index (χ0) is 12.3. The Labute approximate surface area is 118 Å². The number of hydrogen-bond acceptors (Lipinski definition) is 4. The molecule has 0 unspecified atom stereocenters. The van der Waals surface area contributed by atoms with Gasteiger partial charge in [0.2, 0.25) is 0 Å². The van der Waals surface area contributed by atoms with E-state index in [1.807, 2.05) is 19.2 Å². The molecule has 2 heterocycles. The minimum Gasteiger partial charge on any atom is -0.353 e. The molecule has 0 aliphatic carbocycles. The fourth-order valence-corrected chi connectivity index (χ4v) is 3.03. The lowest BCUT2D eigenvalue weighted by atomic mass is 10.4. The van der Waals surface area contributed by atoms with Crippen LogP contribution in [0.5, 0.6) is 0 Å². The second-order valence-corrected chi connectivity index (χ2v) is 5.78. The minimum atomic E-state index is 0.398. The summed E-state index contributed by atoms with van der Waals surface area (Å²) < 4.78 is 1.12. The quantitative estimate of drug-likeness (QED) is 0.800. The number of anilines is 1. The van der Waals surface area contributed by atoms with E-state index in [0.29, 0.717) is 5.88 Å². The van der Waals surface area contributed by atoms with Crippen molar-refractivity contribution in [1.82, 2.24) is 10.2 Å². The van der Waals surface area contributed by atoms with Crippen LogP contribution in [0.1, 0.15) is 10.6 Å². The Morgan fingerprint density at radius 3 is 2.76 bits per heavy atom. The molecule has 17 heavy (non-hydrogen) atoms. The molecule has 0 aromatic carbocycles. The predicted octanol–water partition coefficient (Wildman–Crippen LogP) is 3.68. The van der Waals surface area contributed by atoms with Crippen LogP contribution in [0.2, 0.25) is 0 Å². The lowest BCUT2D eigenvalue weighted by Crippen LogP contribution is -2.17. The van der Waals surface area contributed by atoms with Gasteiger partial charge in [-0.2, -0.15) is 5.10 Å². The molecule has 0 amide bonds. The first-order valence-electron chi connectivity index (χ1n) is 5.01. The van der Waals surface area contributed by atoms with Crippen molar-refractivity contribution in [3.05, 3.63) is 38.6 Å². The normalized spacial score (nSPS) is 10.5. The highest BCUT2D eigenvalue weighted by atomic mass is 79.9. The number of rotatable bonds is 4. The maximum atomic E-state index is 5.67. The highest BCUT2D eigenvalue weighted by Gasteiger charge is 2.06. The van der Waals surface area contributed by atoms with Gasteiger partial charge in [0.05, 0.1) is 18.1 Å². The second kappa shape index (κ2) is 5.80. The van der Waals surface area contributed by atoms with Crippen molar-refractivity contribution in [1.29, 1.82) is 0 Å². The van der Waals surface area contributed by atoms with Gasteiger partial charge < -0.3 is 4.90 Å². The van der Waals surface area contributed by atoms with E-state index in [1.165, 1.54) is 4.88 Å². The van der Waals surface area contributed by atoms with Crippen LogP contribution in [-0.4, -0.2) is 17.2 Å². The average molecular weight is 333 g/mol. The molecule has 0 saturated heterocycles. The molecule has 0 aliphatic heterocycles. The first kappa shape index (κ1) is 12.8. The molecule has 0 N–H and O–H groups in total. The van der Waals surface area contributed by atoms with E-state index in [-0.39, 0.29) is 0 Å². The van der Waals surface area contributed by atoms with Crippen molar-refractivity contribution in [2.75, 3.05) is 11.9 Å². The Hall–Kier alpha value is -0.650. The summed E-state index contributed by atoms with van der Waals surface area (Å²) in [5, 5.41) is 10.2. The molecule has 2 aromatic rings. The molecule has 0 aliphatic rings. The molecule has 90 valence electrons. The van der Waals surface area contributed by atoms with Gasteiger partial charge in [0.1, 0.15) is 0 Å². The van der Waals surface area contributed by atoms with Crippen LogP contribution in [0.25, 0.3) is 0 Å². The Bertz CT molecular complexity index is 486. The van der Waals surface area contributed by atoms with Gasteiger partial charge in [-0.1, -0.05) is 0 Å². The molecule has 3 nitrogen and oxygen atoms in total. The third-order valence-electron chi connectivity index (χ3n) is 2.25. The maximum Gasteiger partial charge on any atom is 0.151 e. The van der Waals surface area contributed by atoms with Crippen LogP contribution >= 0.6 is 38.9 Å². The average Bonchev–Trinajstić information content (AvgIpc) is 2.75. The highest BCUT2D eigenvalue weighted by Crippen LogP contribution is 2.22. The summed E-state index contributed by atoms with van der Waals surface area (Å²) in [5.41, 5.74) is 0.794. The first-order chi connectivity index (χ1) is 8.19. The maximum absolute atomic E-state index is 5.67. The van der Waals surface area contributed by atoms with Gasteiger partial charge in [-0.25, -0.2) is 0 Å². The number of thiophene rings is 1. The first-order valence-corrected chi connectivity index (χ1v) is 7.22. The van der Waals surface area contributed by atoms with Crippen molar-refractivity contribution < 1.29 is 0 Å². The summed E-state index contributed by atoms with van der Waals surface area (Å²) in [6.45, 7) is 0.825. The number of alkyl halides is 1. The van der Waals surface area contributed by atoms with Crippen molar-refractivity contribution in [2.24, 2.45) is 0 Å². The fraction of sp³-hybridized carbons (Fsp3) is 0.273. The number of halogens is 2. The Kier molecular flexibility index (Phi) is 4.36. The van der Waals surface area contributed by atoms with Gasteiger partial charge in [0.15, 0.2) is 5.82 Å². The van der Waals surface area contributed by atoms with E-state index in [1.54, 1.807) is 11.3 Å². The monoisotopic (exact) mass is 331 g/mol. The van der Waals surface area contributed by atoms with Gasteiger partial charge >= 0.3 is 0 Å². The second-order valence-electron chi connectivity index (χ2n) is 3.60. The third kappa shape index (κ3) is 3.40. The third-order valence-corrected chi connectivity index (χ3v) is 4.20. The zero-order valence-corrected chi connectivity index (χ0v) is 12.4. The molecule has 2 rings (SSSR count). The van der Waals surface area contributed by atoms with Gasteiger partial charge in [0, 0.05) is 21.8 Å². The van der Waals surface area contributed by atoms with Crippen LogP contribution in [0.4, 0.5) is 5.82 Å². The zero-order valence-electron chi connectivity index (χ0n) is 9.23. The fourth-order valence-electron chi connectivity index (χ4n) is 1.38. The van der Waals surface area contributed by atoms with Crippen molar-refractivity contribution in [3.63, 3.8) is 0 Å². The van der Waals surface area contributed by atoms with E-state index in [2.05, 4.69) is 42.5 Å². The Morgan fingerprint density at radius 2 is 2.24 bits per heavy atom. The molecule has 0 atom stereocenters. The van der Waals surface area contributed by atoms with E-state index in [9.17, 15) is 0 Å². The van der Waals surface area contributed by atoms with E-state index in [4.69, 9.17) is 11.6 Å². The van der Waals surface area contributed by atoms with Crippen molar-refractivity contribution in [2.45, 2.75) is 12.4 Å². The molecule has 0 radical (unpaired) electrons. The summed E-state index contributed by atoms with van der Waals surface area (Å²) >= 11 is 10.8. The summed E-state index contributed by atoms with van der Waals surface area (Å²) in [5.74, 6) is 1.25. The molecular formula is C11H11BrClN3S. The lowest BCUT2D eigenvalue weighted by Gasteiger charge is -2.16. The van der Waals surface area contributed by atoms with Gasteiger partial charge in [-0.15, -0.1) is 28.0 Å². The largest absolute Gasteiger partial charge is 0.353 e. The van der Waals surface area contributed by atoms with Crippen molar-refractivity contribution in [3.8, 4) is 0 Å². The van der Waals surface area contributed by atoms with Crippen LogP contribution < -0.4 is 4.90 Å². The minimum absolute atomic E-state index is 0.398. The van der Waals surface area contributed by atoms with E-state index in [0.717, 1.165) is 22.5 Å².